The smallest absolute Gasteiger partial charge is 0.230 e. The molecule has 98 valence electrons. The van der Waals surface area contributed by atoms with Crippen molar-refractivity contribution in [3.8, 4) is 0 Å². The number of nitrogen functional groups attached to an aromatic ring is 1. The quantitative estimate of drug-likeness (QED) is 0.722. The molecular formula is C14H16N4O. The van der Waals surface area contributed by atoms with E-state index in [0.717, 1.165) is 29.8 Å². The van der Waals surface area contributed by atoms with E-state index in [1.54, 1.807) is 6.20 Å². The number of anilines is 1. The summed E-state index contributed by atoms with van der Waals surface area (Å²) in [4.78, 5) is 12.3. The molecule has 1 amide bonds. The molecule has 3 rings (SSSR count). The van der Waals surface area contributed by atoms with Crippen molar-refractivity contribution in [2.45, 2.75) is 24.8 Å². The second kappa shape index (κ2) is 4.42. The Kier molecular flexibility index (Phi) is 2.74. The molecule has 1 aliphatic carbocycles. The molecular weight excluding hydrogens is 240 g/mol. The van der Waals surface area contributed by atoms with Gasteiger partial charge in [0.15, 0.2) is 0 Å². The second-order valence-electron chi connectivity index (χ2n) is 4.97. The Morgan fingerprint density at radius 3 is 2.63 bits per heavy atom. The van der Waals surface area contributed by atoms with E-state index in [0.29, 0.717) is 6.54 Å². The molecule has 5 heteroatoms. The third-order valence-corrected chi connectivity index (χ3v) is 3.65. The number of nitrogens with two attached hydrogens (primary N) is 1. The fraction of sp³-hybridized carbons (Fsp3) is 0.286. The Hall–Kier alpha value is -2.30. The summed E-state index contributed by atoms with van der Waals surface area (Å²) in [5.74, 6) is 0.0758. The molecule has 0 atom stereocenters. The van der Waals surface area contributed by atoms with E-state index >= 15 is 0 Å². The molecule has 5 nitrogen and oxygen atoms in total. The molecule has 19 heavy (non-hydrogen) atoms. The maximum Gasteiger partial charge on any atom is 0.230 e. The maximum absolute atomic E-state index is 12.3. The van der Waals surface area contributed by atoms with Gasteiger partial charge < -0.3 is 11.1 Å². The number of nitrogens with zero attached hydrogens (tertiary/aromatic N) is 1. The third kappa shape index (κ3) is 2.19. The van der Waals surface area contributed by atoms with E-state index in [9.17, 15) is 4.79 Å². The Morgan fingerprint density at radius 2 is 2.05 bits per heavy atom. The molecule has 0 radical (unpaired) electrons. The normalized spacial score (nSPS) is 16.0. The first-order chi connectivity index (χ1) is 9.21. The van der Waals surface area contributed by atoms with Crippen molar-refractivity contribution in [2.24, 2.45) is 0 Å². The number of hydrogen-bond donors (Lipinski definition) is 3. The average Bonchev–Trinajstić information content (AvgIpc) is 3.07. The number of aromatic amines is 1. The number of aromatic nitrogens is 2. The van der Waals surface area contributed by atoms with Crippen LogP contribution in [-0.2, 0) is 16.8 Å². The van der Waals surface area contributed by atoms with Gasteiger partial charge >= 0.3 is 0 Å². The molecule has 0 bridgehead atoms. The first-order valence-corrected chi connectivity index (χ1v) is 6.33. The van der Waals surface area contributed by atoms with Crippen LogP contribution in [0.4, 0.5) is 5.69 Å². The van der Waals surface area contributed by atoms with Crippen molar-refractivity contribution in [1.82, 2.24) is 15.5 Å². The van der Waals surface area contributed by atoms with Crippen molar-refractivity contribution in [3.05, 3.63) is 47.8 Å². The molecule has 1 saturated carbocycles. The van der Waals surface area contributed by atoms with E-state index in [-0.39, 0.29) is 11.3 Å². The predicted molar refractivity (Wildman–Crippen MR) is 72.2 cm³/mol. The van der Waals surface area contributed by atoms with Crippen molar-refractivity contribution >= 4 is 11.6 Å². The van der Waals surface area contributed by atoms with Crippen molar-refractivity contribution in [3.63, 3.8) is 0 Å². The van der Waals surface area contributed by atoms with Crippen LogP contribution in [0.15, 0.2) is 36.5 Å². The van der Waals surface area contributed by atoms with Gasteiger partial charge in [0.05, 0.1) is 17.7 Å². The van der Waals surface area contributed by atoms with E-state index in [4.69, 9.17) is 5.73 Å². The van der Waals surface area contributed by atoms with Crippen LogP contribution in [0.5, 0.6) is 0 Å². The fourth-order valence-corrected chi connectivity index (χ4v) is 2.30. The minimum atomic E-state index is -0.353. The summed E-state index contributed by atoms with van der Waals surface area (Å²) in [6.45, 7) is 0.482. The molecule has 1 fully saturated rings. The summed E-state index contributed by atoms with van der Waals surface area (Å²) < 4.78 is 0. The molecule has 2 aromatic rings. The Balaban J connectivity index is 1.70. The summed E-state index contributed by atoms with van der Waals surface area (Å²) in [6.07, 6.45) is 3.46. The van der Waals surface area contributed by atoms with Crippen LogP contribution in [0.25, 0.3) is 0 Å². The van der Waals surface area contributed by atoms with Crippen molar-refractivity contribution < 1.29 is 4.79 Å². The number of amides is 1. The number of carbonyl (C=O) groups is 1. The first kappa shape index (κ1) is 11.8. The van der Waals surface area contributed by atoms with E-state index in [2.05, 4.69) is 15.5 Å². The molecule has 0 aliphatic heterocycles. The summed E-state index contributed by atoms with van der Waals surface area (Å²) in [5, 5.41) is 9.65. The number of hydrogen-bond acceptors (Lipinski definition) is 3. The number of nitrogens with one attached hydrogen (secondary N) is 2. The minimum absolute atomic E-state index is 0.0758. The molecule has 1 aromatic heterocycles. The highest BCUT2D eigenvalue weighted by atomic mass is 16.2. The van der Waals surface area contributed by atoms with Gasteiger partial charge in [-0.3, -0.25) is 9.89 Å². The average molecular weight is 256 g/mol. The molecule has 1 aliphatic rings. The predicted octanol–water partition coefficient (Wildman–Crippen LogP) is 1.34. The van der Waals surface area contributed by atoms with Crippen LogP contribution in [0, 0.1) is 0 Å². The highest BCUT2D eigenvalue weighted by molar-refractivity contribution is 5.91. The van der Waals surface area contributed by atoms with Gasteiger partial charge in [0.1, 0.15) is 0 Å². The van der Waals surface area contributed by atoms with Crippen LogP contribution in [-0.4, -0.2) is 16.1 Å². The van der Waals surface area contributed by atoms with Gasteiger partial charge in [-0.2, -0.15) is 5.10 Å². The molecule has 0 unspecified atom stereocenters. The molecule has 1 aromatic carbocycles. The van der Waals surface area contributed by atoms with Gasteiger partial charge in [0.2, 0.25) is 5.91 Å². The van der Waals surface area contributed by atoms with E-state index in [1.165, 1.54) is 0 Å². The lowest BCUT2D eigenvalue weighted by Crippen LogP contribution is -2.34. The molecule has 1 heterocycles. The SMILES string of the molecule is Nc1ccc(C2(C(=O)NCc3ccn[nH]3)CC2)cc1. The summed E-state index contributed by atoms with van der Waals surface area (Å²) in [5.41, 5.74) is 7.99. The summed E-state index contributed by atoms with van der Waals surface area (Å²) in [7, 11) is 0. The molecule has 0 spiro atoms. The van der Waals surface area contributed by atoms with Gasteiger partial charge in [0.25, 0.3) is 0 Å². The monoisotopic (exact) mass is 256 g/mol. The highest BCUT2D eigenvalue weighted by Gasteiger charge is 2.50. The zero-order chi connectivity index (χ0) is 13.3. The Morgan fingerprint density at radius 1 is 1.32 bits per heavy atom. The van der Waals surface area contributed by atoms with Gasteiger partial charge in [0, 0.05) is 11.9 Å². The van der Waals surface area contributed by atoms with Gasteiger partial charge in [-0.15, -0.1) is 0 Å². The largest absolute Gasteiger partial charge is 0.399 e. The van der Waals surface area contributed by atoms with Crippen molar-refractivity contribution in [2.75, 3.05) is 5.73 Å². The van der Waals surface area contributed by atoms with Crippen LogP contribution < -0.4 is 11.1 Å². The van der Waals surface area contributed by atoms with Crippen LogP contribution in [0.3, 0.4) is 0 Å². The standard InChI is InChI=1S/C14H16N4O/c15-11-3-1-10(2-4-11)14(6-7-14)13(19)16-9-12-5-8-17-18-12/h1-5,8H,6-7,9,15H2,(H,16,19)(H,17,18). The van der Waals surface area contributed by atoms with E-state index in [1.807, 2.05) is 30.3 Å². The zero-order valence-corrected chi connectivity index (χ0v) is 10.5. The zero-order valence-electron chi connectivity index (χ0n) is 10.5. The summed E-state index contributed by atoms with van der Waals surface area (Å²) >= 11 is 0. The minimum Gasteiger partial charge on any atom is -0.399 e. The first-order valence-electron chi connectivity index (χ1n) is 6.33. The van der Waals surface area contributed by atoms with Crippen LogP contribution in [0.2, 0.25) is 0 Å². The molecule has 4 N–H and O–H groups in total. The van der Waals surface area contributed by atoms with E-state index < -0.39 is 0 Å². The highest BCUT2D eigenvalue weighted by Crippen LogP contribution is 2.48. The Labute approximate surface area is 111 Å². The third-order valence-electron chi connectivity index (χ3n) is 3.65. The van der Waals surface area contributed by atoms with Crippen LogP contribution in [0.1, 0.15) is 24.1 Å². The van der Waals surface area contributed by atoms with Crippen molar-refractivity contribution in [1.29, 1.82) is 0 Å². The lowest BCUT2D eigenvalue weighted by atomic mass is 9.95. The second-order valence-corrected chi connectivity index (χ2v) is 4.97. The topological polar surface area (TPSA) is 83.8 Å². The number of H-pyrrole nitrogens is 1. The number of rotatable bonds is 4. The number of benzene rings is 1. The molecule has 0 saturated heterocycles. The Bertz CT molecular complexity index is 570. The fourth-order valence-electron chi connectivity index (χ4n) is 2.30. The lowest BCUT2D eigenvalue weighted by Gasteiger charge is -2.15. The van der Waals surface area contributed by atoms with Gasteiger partial charge in [-0.25, -0.2) is 0 Å². The maximum atomic E-state index is 12.3. The van der Waals surface area contributed by atoms with Crippen LogP contribution >= 0.6 is 0 Å². The number of carbonyl (C=O) groups excluding carboxylic acids is 1. The summed E-state index contributed by atoms with van der Waals surface area (Å²) in [6, 6.07) is 9.43. The van der Waals surface area contributed by atoms with Gasteiger partial charge in [-0.1, -0.05) is 12.1 Å². The van der Waals surface area contributed by atoms with Gasteiger partial charge in [-0.05, 0) is 36.6 Å². The lowest BCUT2D eigenvalue weighted by molar-refractivity contribution is -0.123.